The first-order valence-electron chi connectivity index (χ1n) is 9.98. The van der Waals surface area contributed by atoms with Crippen LogP contribution in [-0.2, 0) is 0 Å². The van der Waals surface area contributed by atoms with E-state index in [1.807, 2.05) is 83.8 Å². The molecule has 0 fully saturated rings. The Morgan fingerprint density at radius 2 is 1.62 bits per heavy atom. The number of aliphatic imine (C=N–C) groups is 2. The molecule has 0 saturated heterocycles. The van der Waals surface area contributed by atoms with Crippen LogP contribution in [0.4, 0.5) is 11.4 Å². The molecular weight excluding hydrogens is 470 g/mol. The maximum absolute atomic E-state index is 5.58. The Labute approximate surface area is 193 Å². The first kappa shape index (κ1) is 20.1. The molecular formula is C23H20BrN7O. The van der Waals surface area contributed by atoms with Crippen LogP contribution in [0.1, 0.15) is 5.56 Å². The summed E-state index contributed by atoms with van der Waals surface area (Å²) in [4.78, 5) is 11.4. The first-order valence-corrected chi connectivity index (χ1v) is 10.8. The Balaban J connectivity index is 1.53. The second-order valence-electron chi connectivity index (χ2n) is 7.02. The highest BCUT2D eigenvalue weighted by Gasteiger charge is 2.37. The highest BCUT2D eigenvalue weighted by molar-refractivity contribution is 9.10. The number of para-hydroxylation sites is 2. The maximum Gasteiger partial charge on any atom is 0.229 e. The third kappa shape index (κ3) is 4.02. The van der Waals surface area contributed by atoms with Crippen LogP contribution in [0.3, 0.4) is 0 Å². The number of hydrazone groups is 1. The zero-order chi connectivity index (χ0) is 21.9. The number of halogens is 1. The molecule has 32 heavy (non-hydrogen) atoms. The van der Waals surface area contributed by atoms with E-state index >= 15 is 0 Å². The largest absolute Gasteiger partial charge is 0.496 e. The van der Waals surface area contributed by atoms with Crippen LogP contribution >= 0.6 is 15.9 Å². The van der Waals surface area contributed by atoms with Gasteiger partial charge < -0.3 is 15.4 Å². The number of nitrogens with one attached hydrogen (secondary N) is 3. The number of benzene rings is 3. The summed E-state index contributed by atoms with van der Waals surface area (Å²) in [5.74, 6) is 2.41. The van der Waals surface area contributed by atoms with Crippen molar-refractivity contribution in [1.82, 2.24) is 10.3 Å². The molecule has 9 heteroatoms. The van der Waals surface area contributed by atoms with Crippen LogP contribution in [-0.4, -0.2) is 36.1 Å². The van der Waals surface area contributed by atoms with Crippen molar-refractivity contribution in [3.63, 3.8) is 0 Å². The van der Waals surface area contributed by atoms with Crippen LogP contribution in [0.15, 0.2) is 98.4 Å². The van der Waals surface area contributed by atoms with Gasteiger partial charge in [-0.05, 0) is 42.5 Å². The second-order valence-corrected chi connectivity index (χ2v) is 7.94. The predicted molar refractivity (Wildman–Crippen MR) is 131 cm³/mol. The zero-order valence-corrected chi connectivity index (χ0v) is 18.7. The van der Waals surface area contributed by atoms with Crippen molar-refractivity contribution in [2.75, 3.05) is 17.7 Å². The van der Waals surface area contributed by atoms with E-state index in [0.29, 0.717) is 23.5 Å². The van der Waals surface area contributed by atoms with Crippen LogP contribution in [0.5, 0.6) is 5.75 Å². The number of amidine groups is 1. The van der Waals surface area contributed by atoms with Crippen molar-refractivity contribution in [1.29, 1.82) is 0 Å². The minimum absolute atomic E-state index is 0.469. The molecule has 3 aromatic rings. The molecule has 8 nitrogen and oxygen atoms in total. The molecule has 0 amide bonds. The highest BCUT2D eigenvalue weighted by atomic mass is 79.9. The number of hydrogen-bond donors (Lipinski definition) is 3. The average Bonchev–Trinajstić information content (AvgIpc) is 3.24. The van der Waals surface area contributed by atoms with E-state index in [-0.39, 0.29) is 0 Å². The predicted octanol–water partition coefficient (Wildman–Crippen LogP) is 4.26. The lowest BCUT2D eigenvalue weighted by molar-refractivity contribution is 0.406. The van der Waals surface area contributed by atoms with Gasteiger partial charge in [-0.25, -0.2) is 4.99 Å². The van der Waals surface area contributed by atoms with Gasteiger partial charge in [0.05, 0.1) is 12.7 Å². The van der Waals surface area contributed by atoms with Gasteiger partial charge in [0.1, 0.15) is 5.75 Å². The Morgan fingerprint density at radius 3 is 2.31 bits per heavy atom. The van der Waals surface area contributed by atoms with E-state index in [9.17, 15) is 0 Å². The zero-order valence-electron chi connectivity index (χ0n) is 17.2. The summed E-state index contributed by atoms with van der Waals surface area (Å²) in [5, 5.41) is 11.2. The molecule has 0 saturated carbocycles. The second kappa shape index (κ2) is 8.72. The molecule has 0 aromatic heterocycles. The molecule has 0 bridgehead atoms. The fraction of sp³-hybridized carbons (Fsp3) is 0.0870. The molecule has 2 aliphatic heterocycles. The summed E-state index contributed by atoms with van der Waals surface area (Å²) in [6.45, 7) is 0. The summed E-state index contributed by atoms with van der Waals surface area (Å²) in [6, 6.07) is 25.5. The Hall–Kier alpha value is -3.85. The number of ether oxygens (including phenoxy) is 1. The average molecular weight is 490 g/mol. The summed E-state index contributed by atoms with van der Waals surface area (Å²) in [6.07, 6.45) is -0.469. The van der Waals surface area contributed by atoms with Gasteiger partial charge in [0.15, 0.2) is 5.84 Å². The molecule has 3 N–H and O–H groups in total. The number of rotatable bonds is 4. The standard InChI is InChI=1S/C23H20BrN7O/c1-32-19-13-12-15(24)14-18(19)20-29-30-23-28-21(25-16-8-4-2-5-9-16)27-22(31(20)23)26-17-10-6-3-7-11-17/h2-14,23,30H,1H3,(H2,25,26,27,28)/t23-/m0/s1. The third-order valence-corrected chi connectivity index (χ3v) is 5.40. The van der Waals surface area contributed by atoms with Gasteiger partial charge >= 0.3 is 0 Å². The Morgan fingerprint density at radius 1 is 0.938 bits per heavy atom. The molecule has 0 aliphatic carbocycles. The van der Waals surface area contributed by atoms with Crippen molar-refractivity contribution < 1.29 is 4.74 Å². The molecule has 0 spiro atoms. The number of guanidine groups is 2. The molecule has 2 aliphatic rings. The number of anilines is 2. The van der Waals surface area contributed by atoms with Gasteiger partial charge in [0.2, 0.25) is 18.2 Å². The van der Waals surface area contributed by atoms with Crippen LogP contribution in [0.25, 0.3) is 0 Å². The molecule has 5 rings (SSSR count). The van der Waals surface area contributed by atoms with Crippen molar-refractivity contribution in [2.45, 2.75) is 6.29 Å². The quantitative estimate of drug-likeness (QED) is 0.509. The number of methoxy groups -OCH3 is 1. The van der Waals surface area contributed by atoms with Gasteiger partial charge in [-0.1, -0.05) is 52.3 Å². The van der Waals surface area contributed by atoms with E-state index in [2.05, 4.69) is 37.1 Å². The normalized spacial score (nSPS) is 16.9. The molecule has 2 heterocycles. The first-order chi connectivity index (χ1) is 15.7. The van der Waals surface area contributed by atoms with Crippen LogP contribution < -0.4 is 20.8 Å². The number of nitrogens with zero attached hydrogens (tertiary/aromatic N) is 4. The van der Waals surface area contributed by atoms with Gasteiger partial charge in [-0.3, -0.25) is 10.3 Å². The van der Waals surface area contributed by atoms with Gasteiger partial charge in [-0.15, -0.1) is 0 Å². The van der Waals surface area contributed by atoms with Crippen molar-refractivity contribution >= 4 is 45.1 Å². The third-order valence-electron chi connectivity index (χ3n) is 4.91. The van der Waals surface area contributed by atoms with Crippen molar-refractivity contribution in [3.8, 4) is 5.75 Å². The monoisotopic (exact) mass is 489 g/mol. The number of hydrogen-bond acceptors (Lipinski definition) is 8. The summed E-state index contributed by atoms with van der Waals surface area (Å²) >= 11 is 3.54. The minimum Gasteiger partial charge on any atom is -0.496 e. The molecule has 0 unspecified atom stereocenters. The molecule has 0 radical (unpaired) electrons. The number of fused-ring (bicyclic) bond motifs is 1. The van der Waals surface area contributed by atoms with Crippen molar-refractivity contribution in [2.24, 2.45) is 15.1 Å². The SMILES string of the molecule is COc1ccc(Br)cc1C1=NN[C@@H]2N=C(Nc3ccccc3)N=C(Nc3ccccc3)N12. The maximum atomic E-state index is 5.58. The fourth-order valence-corrected chi connectivity index (χ4v) is 3.80. The van der Waals surface area contributed by atoms with Gasteiger partial charge in [0, 0.05) is 15.8 Å². The smallest absolute Gasteiger partial charge is 0.229 e. The summed E-state index contributed by atoms with van der Waals surface area (Å²) in [5.41, 5.74) is 5.72. The van der Waals surface area contributed by atoms with Gasteiger partial charge in [0.25, 0.3) is 0 Å². The van der Waals surface area contributed by atoms with E-state index in [0.717, 1.165) is 21.4 Å². The van der Waals surface area contributed by atoms with E-state index in [4.69, 9.17) is 14.7 Å². The van der Waals surface area contributed by atoms with Crippen molar-refractivity contribution in [3.05, 3.63) is 88.9 Å². The lowest BCUT2D eigenvalue weighted by Gasteiger charge is -2.30. The fourth-order valence-electron chi connectivity index (χ4n) is 3.44. The van der Waals surface area contributed by atoms with Crippen LogP contribution in [0, 0.1) is 0 Å². The lowest BCUT2D eigenvalue weighted by atomic mass is 10.1. The minimum atomic E-state index is -0.469. The van der Waals surface area contributed by atoms with Gasteiger partial charge in [-0.2, -0.15) is 10.1 Å². The molecule has 1 atom stereocenters. The topological polar surface area (TPSA) is 85.6 Å². The van der Waals surface area contributed by atoms with E-state index in [1.54, 1.807) is 7.11 Å². The van der Waals surface area contributed by atoms with Crippen LogP contribution in [0.2, 0.25) is 0 Å². The lowest BCUT2D eigenvalue weighted by Crippen LogP contribution is -2.50. The highest BCUT2D eigenvalue weighted by Crippen LogP contribution is 2.28. The Kier molecular flexibility index (Phi) is 5.47. The molecule has 160 valence electrons. The molecule has 3 aromatic carbocycles. The summed E-state index contributed by atoms with van der Waals surface area (Å²) in [7, 11) is 1.64. The Bertz CT molecular complexity index is 1210. The summed E-state index contributed by atoms with van der Waals surface area (Å²) < 4.78 is 6.50. The van der Waals surface area contributed by atoms with E-state index in [1.165, 1.54) is 0 Å². The van der Waals surface area contributed by atoms with E-state index < -0.39 is 6.29 Å².